The van der Waals surface area contributed by atoms with E-state index in [0.717, 1.165) is 0 Å². The number of allylic oxidation sites excluding steroid dienone is 1. The van der Waals surface area contributed by atoms with E-state index >= 15 is 0 Å². The van der Waals surface area contributed by atoms with Crippen LogP contribution >= 0.6 is 0 Å². The van der Waals surface area contributed by atoms with Crippen molar-refractivity contribution in [2.75, 3.05) is 0 Å². The monoisotopic (exact) mass is 211 g/mol. The molecule has 0 atom stereocenters. The minimum Gasteiger partial charge on any atom is -0.380 e. The molecule has 80 valence electrons. The summed E-state index contributed by atoms with van der Waals surface area (Å²) in [4.78, 5) is 9.89. The Balaban J connectivity index is 2.90. The summed E-state index contributed by atoms with van der Waals surface area (Å²) in [7, 11) is 0. The van der Waals surface area contributed by atoms with Crippen LogP contribution in [0.4, 0.5) is 4.39 Å². The third-order valence-corrected chi connectivity index (χ3v) is 1.84. The summed E-state index contributed by atoms with van der Waals surface area (Å²) < 4.78 is 12.5. The maximum atomic E-state index is 12.5. The molecule has 0 aliphatic rings. The van der Waals surface area contributed by atoms with E-state index in [2.05, 4.69) is 0 Å². The predicted octanol–water partition coefficient (Wildman–Crippen LogP) is 0.731. The van der Waals surface area contributed by atoms with Crippen molar-refractivity contribution in [2.24, 2.45) is 11.5 Å². The third-order valence-electron chi connectivity index (χ3n) is 1.84. The highest BCUT2D eigenvalue weighted by Crippen LogP contribution is 2.10. The van der Waals surface area contributed by atoms with Crippen molar-refractivity contribution in [3.8, 4) is 0 Å². The Morgan fingerprint density at radius 1 is 1.33 bits per heavy atom. The van der Waals surface area contributed by atoms with Crippen LogP contribution in [0, 0.1) is 15.9 Å². The topological polar surface area (TPSA) is 95.2 Å². The van der Waals surface area contributed by atoms with E-state index in [1.807, 2.05) is 0 Å². The number of nitro groups is 1. The van der Waals surface area contributed by atoms with E-state index in [9.17, 15) is 14.5 Å². The van der Waals surface area contributed by atoms with E-state index in [4.69, 9.17) is 11.5 Å². The van der Waals surface area contributed by atoms with Crippen LogP contribution in [0.2, 0.25) is 0 Å². The van der Waals surface area contributed by atoms with Crippen LogP contribution in [0.5, 0.6) is 0 Å². The van der Waals surface area contributed by atoms with E-state index in [1.165, 1.54) is 24.3 Å². The predicted molar refractivity (Wildman–Crippen MR) is 52.5 cm³/mol. The molecule has 0 fully saturated rings. The van der Waals surface area contributed by atoms with Crippen molar-refractivity contribution in [3.63, 3.8) is 0 Å². The molecule has 0 unspecified atom stereocenters. The lowest BCUT2D eigenvalue weighted by Gasteiger charge is -2.00. The molecule has 0 bridgehead atoms. The largest absolute Gasteiger partial charge is 0.380 e. The molecule has 5 nitrogen and oxygen atoms in total. The molecule has 15 heavy (non-hydrogen) atoms. The molecule has 1 aromatic carbocycles. The zero-order valence-corrected chi connectivity index (χ0v) is 7.81. The lowest BCUT2D eigenvalue weighted by Crippen LogP contribution is -2.18. The van der Waals surface area contributed by atoms with Gasteiger partial charge in [0.25, 0.3) is 5.70 Å². The number of benzene rings is 1. The molecule has 0 saturated heterocycles. The highest BCUT2D eigenvalue weighted by Gasteiger charge is 2.15. The maximum absolute atomic E-state index is 12.5. The summed E-state index contributed by atoms with van der Waals surface area (Å²) in [6, 6.07) is 5.34. The summed E-state index contributed by atoms with van der Waals surface area (Å²) in [5, 5.41) is 10.5. The quantitative estimate of drug-likeness (QED) is 0.569. The summed E-state index contributed by atoms with van der Waals surface area (Å²) in [6.07, 6.45) is -0.0182. The normalized spacial score (nSPS) is 9.67. The van der Waals surface area contributed by atoms with Gasteiger partial charge in [0.15, 0.2) is 5.82 Å². The van der Waals surface area contributed by atoms with Gasteiger partial charge in [0.1, 0.15) is 5.82 Å². The summed E-state index contributed by atoms with van der Waals surface area (Å²) >= 11 is 0. The van der Waals surface area contributed by atoms with Gasteiger partial charge in [0.05, 0.1) is 11.3 Å². The van der Waals surface area contributed by atoms with Crippen LogP contribution in [0.1, 0.15) is 5.56 Å². The van der Waals surface area contributed by atoms with Crippen molar-refractivity contribution in [2.45, 2.75) is 6.42 Å². The van der Waals surface area contributed by atoms with Crippen LogP contribution in [-0.2, 0) is 6.42 Å². The van der Waals surface area contributed by atoms with Crippen molar-refractivity contribution in [3.05, 3.63) is 57.3 Å². The van der Waals surface area contributed by atoms with E-state index in [1.54, 1.807) is 0 Å². The van der Waals surface area contributed by atoms with Crippen LogP contribution < -0.4 is 11.5 Å². The number of nitrogens with zero attached hydrogens (tertiary/aromatic N) is 1. The van der Waals surface area contributed by atoms with Gasteiger partial charge in [-0.25, -0.2) is 4.39 Å². The number of hydrogen-bond acceptors (Lipinski definition) is 4. The first-order valence-corrected chi connectivity index (χ1v) is 4.13. The summed E-state index contributed by atoms with van der Waals surface area (Å²) in [5.74, 6) is -0.726. The van der Waals surface area contributed by atoms with Gasteiger partial charge in [-0.2, -0.15) is 0 Å². The Labute approximate surface area is 85.3 Å². The fourth-order valence-electron chi connectivity index (χ4n) is 1.07. The Morgan fingerprint density at radius 2 is 1.87 bits per heavy atom. The lowest BCUT2D eigenvalue weighted by atomic mass is 10.1. The summed E-state index contributed by atoms with van der Waals surface area (Å²) in [6.45, 7) is 0. The van der Waals surface area contributed by atoms with Gasteiger partial charge in [-0.3, -0.25) is 10.1 Å². The van der Waals surface area contributed by atoms with E-state index in [0.29, 0.717) is 5.56 Å². The van der Waals surface area contributed by atoms with E-state index in [-0.39, 0.29) is 17.9 Å². The molecule has 6 heteroatoms. The Bertz CT molecular complexity index is 396. The molecule has 0 amide bonds. The molecule has 0 saturated carbocycles. The third kappa shape index (κ3) is 2.94. The fourth-order valence-corrected chi connectivity index (χ4v) is 1.07. The van der Waals surface area contributed by atoms with Crippen molar-refractivity contribution >= 4 is 0 Å². The summed E-state index contributed by atoms with van der Waals surface area (Å²) in [5.41, 5.74) is 10.6. The molecule has 4 N–H and O–H groups in total. The maximum Gasteiger partial charge on any atom is 0.289 e. The van der Waals surface area contributed by atoms with Gasteiger partial charge in [-0.05, 0) is 17.7 Å². The standard InChI is InChI=1S/C9H10FN3O2/c10-7-3-1-6(2-4-7)5-8(9(11)12)13(14)15/h1-4H,5,11-12H2. The van der Waals surface area contributed by atoms with Crippen molar-refractivity contribution < 1.29 is 9.31 Å². The molecule has 1 rings (SSSR count). The number of halogens is 1. The molecule has 0 aliphatic carbocycles. The average Bonchev–Trinajstić information content (AvgIpc) is 2.15. The highest BCUT2D eigenvalue weighted by molar-refractivity contribution is 5.21. The van der Waals surface area contributed by atoms with Crippen LogP contribution in [0.3, 0.4) is 0 Å². The SMILES string of the molecule is NC(N)=C(Cc1ccc(F)cc1)[N+](=O)[O-]. The zero-order chi connectivity index (χ0) is 11.4. The molecule has 0 aliphatic heterocycles. The minimum atomic E-state index is -0.640. The average molecular weight is 211 g/mol. The first kappa shape index (κ1) is 11.0. The molecule has 0 spiro atoms. The number of nitrogens with two attached hydrogens (primary N) is 2. The van der Waals surface area contributed by atoms with Gasteiger partial charge < -0.3 is 11.5 Å². The number of hydrogen-bond donors (Lipinski definition) is 2. The molecule has 0 aromatic heterocycles. The second kappa shape index (κ2) is 4.41. The Morgan fingerprint density at radius 3 is 2.27 bits per heavy atom. The zero-order valence-electron chi connectivity index (χ0n) is 7.81. The molecular weight excluding hydrogens is 201 g/mol. The Hall–Kier alpha value is -2.11. The highest BCUT2D eigenvalue weighted by atomic mass is 19.1. The Kier molecular flexibility index (Phi) is 3.22. The molecule has 0 radical (unpaired) electrons. The molecular formula is C9H10FN3O2. The van der Waals surface area contributed by atoms with Crippen LogP contribution in [0.15, 0.2) is 35.8 Å². The van der Waals surface area contributed by atoms with Crippen molar-refractivity contribution in [1.82, 2.24) is 0 Å². The van der Waals surface area contributed by atoms with Crippen LogP contribution in [-0.4, -0.2) is 4.92 Å². The van der Waals surface area contributed by atoms with Gasteiger partial charge in [0, 0.05) is 0 Å². The van der Waals surface area contributed by atoms with Gasteiger partial charge in [-0.1, -0.05) is 12.1 Å². The second-order valence-electron chi connectivity index (χ2n) is 2.96. The minimum absolute atomic E-state index is 0.0182. The van der Waals surface area contributed by atoms with E-state index < -0.39 is 10.7 Å². The fraction of sp³-hybridized carbons (Fsp3) is 0.111. The smallest absolute Gasteiger partial charge is 0.289 e. The first-order valence-electron chi connectivity index (χ1n) is 4.13. The van der Waals surface area contributed by atoms with Gasteiger partial charge in [0.2, 0.25) is 0 Å². The van der Waals surface area contributed by atoms with Crippen molar-refractivity contribution in [1.29, 1.82) is 0 Å². The molecule has 0 heterocycles. The number of rotatable bonds is 3. The molecule has 1 aromatic rings. The van der Waals surface area contributed by atoms with Gasteiger partial charge in [-0.15, -0.1) is 0 Å². The second-order valence-corrected chi connectivity index (χ2v) is 2.96. The lowest BCUT2D eigenvalue weighted by molar-refractivity contribution is -0.428. The van der Waals surface area contributed by atoms with Crippen LogP contribution in [0.25, 0.3) is 0 Å². The first-order chi connectivity index (χ1) is 7.00. The van der Waals surface area contributed by atoms with Gasteiger partial charge >= 0.3 is 0 Å².